The zero-order valence-corrected chi connectivity index (χ0v) is 15.9. The summed E-state index contributed by atoms with van der Waals surface area (Å²) in [4.78, 5) is 24.6. The minimum absolute atomic E-state index is 0.0103. The van der Waals surface area contributed by atoms with Crippen molar-refractivity contribution in [1.82, 2.24) is 19.3 Å². The molecule has 0 saturated carbocycles. The smallest absolute Gasteiger partial charge is 0.258 e. The van der Waals surface area contributed by atoms with E-state index < -0.39 is 0 Å². The summed E-state index contributed by atoms with van der Waals surface area (Å²) in [6.45, 7) is 3.62. The highest BCUT2D eigenvalue weighted by atomic mass is 32.1. The van der Waals surface area contributed by atoms with Crippen LogP contribution in [0.25, 0.3) is 15.9 Å². The molecule has 1 fully saturated rings. The van der Waals surface area contributed by atoms with Crippen LogP contribution in [0.3, 0.4) is 0 Å². The number of rotatable bonds is 3. The van der Waals surface area contributed by atoms with Crippen LogP contribution >= 0.6 is 11.3 Å². The van der Waals surface area contributed by atoms with Gasteiger partial charge in [0.05, 0.1) is 22.0 Å². The first-order valence-electron chi connectivity index (χ1n) is 9.27. The van der Waals surface area contributed by atoms with Gasteiger partial charge in [-0.05, 0) is 50.6 Å². The fourth-order valence-corrected chi connectivity index (χ4v) is 5.12. The Balaban J connectivity index is 1.47. The van der Waals surface area contributed by atoms with E-state index in [0.29, 0.717) is 18.2 Å². The molecule has 0 amide bonds. The Kier molecular flexibility index (Phi) is 4.02. The number of aromatic nitrogens is 3. The van der Waals surface area contributed by atoms with Gasteiger partial charge in [-0.2, -0.15) is 0 Å². The summed E-state index contributed by atoms with van der Waals surface area (Å²) in [5.41, 5.74) is 3.52. The molecule has 4 heterocycles. The van der Waals surface area contributed by atoms with Crippen LogP contribution in [0.15, 0.2) is 53.3 Å². The largest absolute Gasteiger partial charge is 0.288 e. The molecule has 6 heteroatoms. The monoisotopic (exact) mass is 376 g/mol. The van der Waals surface area contributed by atoms with Crippen LogP contribution in [-0.4, -0.2) is 25.8 Å². The molecule has 5 nitrogen and oxygen atoms in total. The SMILES string of the molecule is Cc1cccc2nc(CN3CCC[C@@H]3c3nc4ccccc4s3)cc(=O)n12. The first-order chi connectivity index (χ1) is 13.2. The molecule has 1 atom stereocenters. The summed E-state index contributed by atoms with van der Waals surface area (Å²) in [6, 6.07) is 16.0. The third-order valence-electron chi connectivity index (χ3n) is 5.26. The molecule has 0 bridgehead atoms. The predicted octanol–water partition coefficient (Wildman–Crippen LogP) is 3.95. The first-order valence-corrected chi connectivity index (χ1v) is 10.1. The summed E-state index contributed by atoms with van der Waals surface area (Å²) in [7, 11) is 0. The predicted molar refractivity (Wildman–Crippen MR) is 108 cm³/mol. The van der Waals surface area contributed by atoms with Gasteiger partial charge in [-0.15, -0.1) is 11.3 Å². The Labute approximate surface area is 160 Å². The van der Waals surface area contributed by atoms with E-state index in [9.17, 15) is 4.79 Å². The fourth-order valence-electron chi connectivity index (χ4n) is 3.98. The zero-order valence-electron chi connectivity index (χ0n) is 15.1. The molecule has 3 aromatic heterocycles. The second kappa shape index (κ2) is 6.55. The number of fused-ring (bicyclic) bond motifs is 2. The number of nitrogens with zero attached hydrogens (tertiary/aromatic N) is 4. The first kappa shape index (κ1) is 16.6. The highest BCUT2D eigenvalue weighted by molar-refractivity contribution is 7.18. The Morgan fingerprint density at radius 3 is 2.93 bits per heavy atom. The van der Waals surface area contributed by atoms with Gasteiger partial charge in [0, 0.05) is 18.3 Å². The number of hydrogen-bond donors (Lipinski definition) is 0. The quantitative estimate of drug-likeness (QED) is 0.543. The standard InChI is InChI=1S/C21H20N4OS/c1-14-6-4-10-19-22-15(12-20(26)25(14)19)13-24-11-5-8-17(24)21-23-16-7-2-3-9-18(16)27-21/h2-4,6-7,9-10,12,17H,5,8,11,13H2,1H3/t17-/m1/s1. The van der Waals surface area contributed by atoms with Gasteiger partial charge in [0.1, 0.15) is 10.7 Å². The number of aryl methyl sites for hydroxylation is 1. The van der Waals surface area contributed by atoms with Crippen molar-refractivity contribution in [2.45, 2.75) is 32.4 Å². The lowest BCUT2D eigenvalue weighted by molar-refractivity contribution is 0.245. The number of thiazole rings is 1. The second-order valence-electron chi connectivity index (χ2n) is 7.09. The van der Waals surface area contributed by atoms with Crippen LogP contribution < -0.4 is 5.56 Å². The summed E-state index contributed by atoms with van der Waals surface area (Å²) < 4.78 is 2.90. The number of hydrogen-bond acceptors (Lipinski definition) is 5. The molecule has 0 radical (unpaired) electrons. The molecule has 1 aliphatic heterocycles. The highest BCUT2D eigenvalue weighted by Gasteiger charge is 2.29. The summed E-state index contributed by atoms with van der Waals surface area (Å²) in [5, 5.41) is 1.17. The van der Waals surface area contributed by atoms with Crippen molar-refractivity contribution in [1.29, 1.82) is 0 Å². The van der Waals surface area contributed by atoms with E-state index in [2.05, 4.69) is 23.1 Å². The van der Waals surface area contributed by atoms with Gasteiger partial charge < -0.3 is 0 Å². The van der Waals surface area contributed by atoms with Crippen LogP contribution in [0.5, 0.6) is 0 Å². The lowest BCUT2D eigenvalue weighted by Crippen LogP contribution is -2.25. The minimum atomic E-state index is -0.0103. The van der Waals surface area contributed by atoms with Crippen LogP contribution in [-0.2, 0) is 6.54 Å². The van der Waals surface area contributed by atoms with E-state index in [1.807, 2.05) is 31.2 Å². The number of para-hydroxylation sites is 1. The normalized spacial score (nSPS) is 17.9. The molecule has 27 heavy (non-hydrogen) atoms. The molecule has 136 valence electrons. The van der Waals surface area contributed by atoms with Gasteiger partial charge >= 0.3 is 0 Å². The van der Waals surface area contributed by atoms with Crippen LogP contribution in [0.1, 0.15) is 35.3 Å². The van der Waals surface area contributed by atoms with E-state index in [4.69, 9.17) is 9.97 Å². The zero-order chi connectivity index (χ0) is 18.4. The fraction of sp³-hybridized carbons (Fsp3) is 0.286. The van der Waals surface area contributed by atoms with Gasteiger partial charge in [0.2, 0.25) is 0 Å². The number of pyridine rings is 1. The molecule has 1 aliphatic rings. The molecule has 0 spiro atoms. The van der Waals surface area contributed by atoms with Crippen molar-refractivity contribution >= 4 is 27.2 Å². The molecular formula is C21H20N4OS. The average molecular weight is 376 g/mol. The van der Waals surface area contributed by atoms with Gasteiger partial charge in [0.25, 0.3) is 5.56 Å². The lowest BCUT2D eigenvalue weighted by Gasteiger charge is -2.22. The van der Waals surface area contributed by atoms with Gasteiger partial charge in [-0.3, -0.25) is 14.1 Å². The summed E-state index contributed by atoms with van der Waals surface area (Å²) in [6.07, 6.45) is 2.25. The van der Waals surface area contributed by atoms with Crippen molar-refractivity contribution in [3.63, 3.8) is 0 Å². The van der Waals surface area contributed by atoms with E-state index in [-0.39, 0.29) is 5.56 Å². The molecule has 0 aliphatic carbocycles. The number of benzene rings is 1. The van der Waals surface area contributed by atoms with Crippen molar-refractivity contribution in [2.24, 2.45) is 0 Å². The molecular weight excluding hydrogens is 356 g/mol. The van der Waals surface area contributed by atoms with Gasteiger partial charge in [-0.1, -0.05) is 18.2 Å². The highest BCUT2D eigenvalue weighted by Crippen LogP contribution is 2.37. The molecule has 5 rings (SSSR count). The summed E-state index contributed by atoms with van der Waals surface area (Å²) >= 11 is 1.78. The second-order valence-corrected chi connectivity index (χ2v) is 8.16. The van der Waals surface area contributed by atoms with E-state index in [1.165, 1.54) is 9.71 Å². The molecule has 0 unspecified atom stereocenters. The number of likely N-dealkylation sites (tertiary alicyclic amines) is 1. The van der Waals surface area contributed by atoms with Crippen molar-refractivity contribution < 1.29 is 0 Å². The third kappa shape index (κ3) is 2.95. The third-order valence-corrected chi connectivity index (χ3v) is 6.40. The van der Waals surface area contributed by atoms with Gasteiger partial charge in [-0.25, -0.2) is 9.97 Å². The van der Waals surface area contributed by atoms with Crippen LogP contribution in [0.2, 0.25) is 0 Å². The average Bonchev–Trinajstić information content (AvgIpc) is 3.27. The molecule has 1 aromatic carbocycles. The molecule has 1 saturated heterocycles. The van der Waals surface area contributed by atoms with Crippen molar-refractivity contribution in [3.05, 3.63) is 75.3 Å². The Morgan fingerprint density at radius 1 is 1.15 bits per heavy atom. The Hall–Kier alpha value is -2.57. The van der Waals surface area contributed by atoms with E-state index in [1.54, 1.807) is 21.8 Å². The molecule has 0 N–H and O–H groups in total. The van der Waals surface area contributed by atoms with E-state index in [0.717, 1.165) is 36.3 Å². The molecule has 4 aromatic rings. The van der Waals surface area contributed by atoms with Crippen LogP contribution in [0.4, 0.5) is 0 Å². The Bertz CT molecular complexity index is 1160. The maximum atomic E-state index is 12.6. The lowest BCUT2D eigenvalue weighted by atomic mass is 10.2. The maximum Gasteiger partial charge on any atom is 0.258 e. The summed E-state index contributed by atoms with van der Waals surface area (Å²) in [5.74, 6) is 0. The van der Waals surface area contributed by atoms with Gasteiger partial charge in [0.15, 0.2) is 0 Å². The topological polar surface area (TPSA) is 50.5 Å². The van der Waals surface area contributed by atoms with Crippen molar-refractivity contribution in [3.8, 4) is 0 Å². The van der Waals surface area contributed by atoms with Crippen molar-refractivity contribution in [2.75, 3.05) is 6.54 Å². The van der Waals surface area contributed by atoms with E-state index >= 15 is 0 Å². The Morgan fingerprint density at radius 2 is 2.04 bits per heavy atom. The van der Waals surface area contributed by atoms with Crippen LogP contribution in [0, 0.1) is 6.92 Å². The minimum Gasteiger partial charge on any atom is -0.288 e. The maximum absolute atomic E-state index is 12.6.